The average Bonchev–Trinajstić information content (AvgIpc) is 3.11. The first-order chi connectivity index (χ1) is 23.4. The molecule has 4 aromatic carbocycles. The van der Waals surface area contributed by atoms with Gasteiger partial charge in [-0.25, -0.2) is 9.59 Å². The number of rotatable bonds is 22. The molecule has 0 saturated carbocycles. The third-order valence-corrected chi connectivity index (χ3v) is 9.28. The molecule has 1 N–H and O–H groups in total. The van der Waals surface area contributed by atoms with Crippen LogP contribution in [0.5, 0.6) is 0 Å². The molecular weight excluding hydrogens is 592 g/mol. The molecule has 4 rings (SSSR count). The molecule has 0 aromatic heterocycles. The van der Waals surface area contributed by atoms with Crippen LogP contribution in [0.2, 0.25) is 0 Å². The van der Waals surface area contributed by atoms with E-state index in [0.717, 1.165) is 89.9 Å². The summed E-state index contributed by atoms with van der Waals surface area (Å²) < 4.78 is 5.04. The molecule has 0 aliphatic rings. The molecule has 0 fully saturated rings. The fourth-order valence-corrected chi connectivity index (χ4v) is 6.31. The van der Waals surface area contributed by atoms with E-state index in [1.807, 2.05) is 0 Å². The first-order valence-electron chi connectivity index (χ1n) is 17.8. The van der Waals surface area contributed by atoms with Gasteiger partial charge in [-0.05, 0) is 115 Å². The SMILES string of the molecule is C=CC(=O)OCCCCCCc1ccc(CCc2ccc(CCc3ccc(CCCCCCC(=C)C(=O)O)cc3)c3ccccc23)cc1. The molecule has 0 atom stereocenters. The number of carbonyl (C=O) groups excluding carboxylic acids is 1. The van der Waals surface area contributed by atoms with Crippen LogP contribution in [0.1, 0.15) is 91.2 Å². The number of hydrogen-bond donors (Lipinski definition) is 1. The average molecular weight is 645 g/mol. The number of fused-ring (bicyclic) bond motifs is 1. The second kappa shape index (κ2) is 20.0. The summed E-state index contributed by atoms with van der Waals surface area (Å²) in [6.07, 6.45) is 16.5. The molecule has 4 nitrogen and oxygen atoms in total. The lowest BCUT2D eigenvalue weighted by molar-refractivity contribution is -0.138. The normalized spacial score (nSPS) is 11.0. The van der Waals surface area contributed by atoms with Crippen molar-refractivity contribution in [1.29, 1.82) is 0 Å². The zero-order chi connectivity index (χ0) is 34.0. The van der Waals surface area contributed by atoms with E-state index in [2.05, 4.69) is 98.1 Å². The van der Waals surface area contributed by atoms with Crippen LogP contribution in [0, 0.1) is 0 Å². The van der Waals surface area contributed by atoms with E-state index in [9.17, 15) is 9.59 Å². The predicted octanol–water partition coefficient (Wildman–Crippen LogP) is 10.4. The Labute approximate surface area is 287 Å². The predicted molar refractivity (Wildman–Crippen MR) is 199 cm³/mol. The first-order valence-corrected chi connectivity index (χ1v) is 17.8. The van der Waals surface area contributed by atoms with Gasteiger partial charge >= 0.3 is 11.9 Å². The highest BCUT2D eigenvalue weighted by Gasteiger charge is 2.08. The van der Waals surface area contributed by atoms with Gasteiger partial charge in [0.15, 0.2) is 0 Å². The van der Waals surface area contributed by atoms with Crippen LogP contribution in [-0.4, -0.2) is 23.7 Å². The van der Waals surface area contributed by atoms with Crippen molar-refractivity contribution < 1.29 is 19.4 Å². The number of benzene rings is 4. The van der Waals surface area contributed by atoms with Crippen LogP contribution < -0.4 is 0 Å². The van der Waals surface area contributed by atoms with Crippen LogP contribution in [-0.2, 0) is 52.9 Å². The van der Waals surface area contributed by atoms with E-state index in [1.165, 1.54) is 50.2 Å². The molecule has 0 spiro atoms. The standard InChI is InChI=1S/C44H52O4/c1-3-43(45)48-33-13-7-6-10-16-36-21-25-38(26-22-36)28-30-40-32-31-39(41-17-11-12-18-42(40)41)29-27-37-23-19-35(20-24-37)15-9-5-4-8-14-34(2)44(46)47/h3,11-12,17-26,31-32H,1-2,4-10,13-16,27-30,33H2,(H,46,47). The third kappa shape index (κ3) is 12.3. The van der Waals surface area contributed by atoms with Gasteiger partial charge in [-0.2, -0.15) is 0 Å². The molecule has 0 unspecified atom stereocenters. The number of carboxylic acids is 1. The molecular formula is C44H52O4. The van der Waals surface area contributed by atoms with Crippen LogP contribution >= 0.6 is 0 Å². The van der Waals surface area contributed by atoms with Crippen molar-refractivity contribution in [1.82, 2.24) is 0 Å². The van der Waals surface area contributed by atoms with E-state index in [4.69, 9.17) is 9.84 Å². The van der Waals surface area contributed by atoms with Gasteiger partial charge in [0.2, 0.25) is 0 Å². The number of esters is 1. The van der Waals surface area contributed by atoms with Gasteiger partial charge in [0.25, 0.3) is 0 Å². The summed E-state index contributed by atoms with van der Waals surface area (Å²) >= 11 is 0. The van der Waals surface area contributed by atoms with E-state index < -0.39 is 5.97 Å². The smallest absolute Gasteiger partial charge is 0.330 e. The summed E-state index contributed by atoms with van der Waals surface area (Å²) in [6, 6.07) is 31.8. The Morgan fingerprint density at radius 2 is 1.00 bits per heavy atom. The number of unbranched alkanes of at least 4 members (excludes halogenated alkanes) is 6. The van der Waals surface area contributed by atoms with Crippen LogP contribution in [0.25, 0.3) is 10.8 Å². The van der Waals surface area contributed by atoms with Crippen LogP contribution in [0.4, 0.5) is 0 Å². The monoisotopic (exact) mass is 644 g/mol. The third-order valence-electron chi connectivity index (χ3n) is 9.28. The minimum Gasteiger partial charge on any atom is -0.478 e. The van der Waals surface area contributed by atoms with E-state index >= 15 is 0 Å². The van der Waals surface area contributed by atoms with E-state index in [1.54, 1.807) is 0 Å². The molecule has 0 saturated heterocycles. The summed E-state index contributed by atoms with van der Waals surface area (Å²) in [5.41, 5.74) is 8.64. The van der Waals surface area contributed by atoms with Gasteiger partial charge in [0.05, 0.1) is 6.61 Å². The second-order valence-corrected chi connectivity index (χ2v) is 12.9. The second-order valence-electron chi connectivity index (χ2n) is 12.9. The fraction of sp³-hybridized carbons (Fsp3) is 0.364. The van der Waals surface area contributed by atoms with Crippen molar-refractivity contribution >= 4 is 22.7 Å². The summed E-state index contributed by atoms with van der Waals surface area (Å²) in [5, 5.41) is 11.7. The highest BCUT2D eigenvalue weighted by Crippen LogP contribution is 2.26. The maximum Gasteiger partial charge on any atom is 0.330 e. The number of carbonyl (C=O) groups is 2. The van der Waals surface area contributed by atoms with Crippen LogP contribution in [0.3, 0.4) is 0 Å². The van der Waals surface area contributed by atoms with E-state index in [-0.39, 0.29) is 5.97 Å². The van der Waals surface area contributed by atoms with Gasteiger partial charge in [0.1, 0.15) is 0 Å². The highest BCUT2D eigenvalue weighted by atomic mass is 16.5. The lowest BCUT2D eigenvalue weighted by Gasteiger charge is -2.12. The van der Waals surface area contributed by atoms with Crippen molar-refractivity contribution in [3.8, 4) is 0 Å². The highest BCUT2D eigenvalue weighted by molar-refractivity contribution is 5.89. The Morgan fingerprint density at radius 3 is 1.46 bits per heavy atom. The Kier molecular flexibility index (Phi) is 15.2. The summed E-state index contributed by atoms with van der Waals surface area (Å²) in [7, 11) is 0. The Hall–Kier alpha value is -4.44. The Bertz CT molecular complexity index is 1610. The molecule has 0 radical (unpaired) electrons. The lowest BCUT2D eigenvalue weighted by Crippen LogP contribution is -2.01. The zero-order valence-corrected chi connectivity index (χ0v) is 28.6. The van der Waals surface area contributed by atoms with Crippen LogP contribution in [0.15, 0.2) is 110 Å². The maximum absolute atomic E-state index is 11.1. The van der Waals surface area contributed by atoms with Gasteiger partial charge in [-0.1, -0.05) is 124 Å². The van der Waals surface area contributed by atoms with Gasteiger partial charge in [0, 0.05) is 11.6 Å². The molecule has 0 aliphatic heterocycles. The molecule has 0 bridgehead atoms. The number of aliphatic carboxylic acids is 1. The Morgan fingerprint density at radius 1 is 0.562 bits per heavy atom. The molecule has 0 heterocycles. The number of aryl methyl sites for hydroxylation is 6. The number of ether oxygens (including phenoxy) is 1. The van der Waals surface area contributed by atoms with Gasteiger partial charge in [-0.15, -0.1) is 0 Å². The number of hydrogen-bond acceptors (Lipinski definition) is 3. The fourth-order valence-electron chi connectivity index (χ4n) is 6.31. The zero-order valence-electron chi connectivity index (χ0n) is 28.6. The quantitative estimate of drug-likeness (QED) is 0.0525. The minimum atomic E-state index is -0.878. The van der Waals surface area contributed by atoms with Gasteiger partial charge in [-0.3, -0.25) is 0 Å². The summed E-state index contributed by atoms with van der Waals surface area (Å²) in [4.78, 5) is 22.0. The Balaban J connectivity index is 1.20. The first kappa shape index (κ1) is 36.4. The molecule has 48 heavy (non-hydrogen) atoms. The lowest BCUT2D eigenvalue weighted by atomic mass is 9.92. The molecule has 0 aliphatic carbocycles. The topological polar surface area (TPSA) is 63.6 Å². The van der Waals surface area contributed by atoms with Crippen molar-refractivity contribution in [3.63, 3.8) is 0 Å². The minimum absolute atomic E-state index is 0.315. The molecule has 4 aromatic rings. The maximum atomic E-state index is 11.1. The number of carboxylic acid groups (broad SMARTS) is 1. The van der Waals surface area contributed by atoms with Crippen molar-refractivity contribution in [3.05, 3.63) is 143 Å². The molecule has 252 valence electrons. The largest absolute Gasteiger partial charge is 0.478 e. The van der Waals surface area contributed by atoms with Gasteiger partial charge < -0.3 is 9.84 Å². The molecule has 4 heteroatoms. The molecule has 0 amide bonds. The summed E-state index contributed by atoms with van der Waals surface area (Å²) in [6.45, 7) is 7.51. The van der Waals surface area contributed by atoms with Crippen molar-refractivity contribution in [2.45, 2.75) is 96.3 Å². The van der Waals surface area contributed by atoms with Crippen molar-refractivity contribution in [2.24, 2.45) is 0 Å². The van der Waals surface area contributed by atoms with Crippen molar-refractivity contribution in [2.75, 3.05) is 6.61 Å². The van der Waals surface area contributed by atoms with E-state index in [0.29, 0.717) is 18.6 Å². The summed E-state index contributed by atoms with van der Waals surface area (Å²) in [5.74, 6) is -1.22.